The van der Waals surface area contributed by atoms with Gasteiger partial charge in [-0.15, -0.1) is 0 Å². The van der Waals surface area contributed by atoms with E-state index in [4.69, 9.17) is 16.6 Å². The summed E-state index contributed by atoms with van der Waals surface area (Å²) < 4.78 is 0. The monoisotopic (exact) mass is 561 g/mol. The lowest BCUT2D eigenvalue weighted by molar-refractivity contribution is -0.138. The number of aromatic amines is 2. The van der Waals surface area contributed by atoms with Gasteiger partial charge in [-0.2, -0.15) is 0 Å². The van der Waals surface area contributed by atoms with Gasteiger partial charge in [0.05, 0.1) is 12.5 Å². The van der Waals surface area contributed by atoms with E-state index in [0.29, 0.717) is 5.56 Å². The molecule has 3 atom stereocenters. The predicted octanol–water partition coefficient (Wildman–Crippen LogP) is -0.192. The van der Waals surface area contributed by atoms with Crippen LogP contribution in [0.25, 0.3) is 21.8 Å². The number of carbonyl (C=O) groups excluding carboxylic acids is 4. The smallest absolute Gasteiger partial charge is 0.322 e. The number of nitrogens with two attached hydrogens (primary N) is 2. The Morgan fingerprint density at radius 3 is 1.76 bits per heavy atom. The quantitative estimate of drug-likeness (QED) is 0.110. The molecule has 13 heteroatoms. The highest BCUT2D eigenvalue weighted by atomic mass is 16.4. The summed E-state index contributed by atoms with van der Waals surface area (Å²) in [5, 5.41) is 18.3. The van der Waals surface area contributed by atoms with Crippen molar-refractivity contribution in [2.24, 2.45) is 11.5 Å². The summed E-state index contributed by atoms with van der Waals surface area (Å²) >= 11 is 0. The van der Waals surface area contributed by atoms with Crippen molar-refractivity contribution in [2.45, 2.75) is 37.4 Å². The Morgan fingerprint density at radius 1 is 0.756 bits per heavy atom. The molecule has 2 aromatic heterocycles. The van der Waals surface area contributed by atoms with E-state index in [-0.39, 0.29) is 12.8 Å². The highest BCUT2D eigenvalue weighted by Crippen LogP contribution is 2.21. The van der Waals surface area contributed by atoms with Gasteiger partial charge in [0, 0.05) is 47.0 Å². The molecule has 0 spiro atoms. The molecule has 0 aliphatic rings. The zero-order valence-corrected chi connectivity index (χ0v) is 22.0. The molecule has 0 radical (unpaired) electrons. The third-order valence-corrected chi connectivity index (χ3v) is 6.64. The fourth-order valence-corrected chi connectivity index (χ4v) is 4.61. The largest absolute Gasteiger partial charge is 0.480 e. The van der Waals surface area contributed by atoms with Crippen molar-refractivity contribution in [3.8, 4) is 0 Å². The first-order valence-electron chi connectivity index (χ1n) is 12.9. The second-order valence-electron chi connectivity index (χ2n) is 9.64. The third kappa shape index (κ3) is 7.28. The molecule has 4 aromatic rings. The summed E-state index contributed by atoms with van der Waals surface area (Å²) in [7, 11) is 0. The van der Waals surface area contributed by atoms with Gasteiger partial charge in [0.2, 0.25) is 23.6 Å². The number of fused-ring (bicyclic) bond motifs is 2. The van der Waals surface area contributed by atoms with Crippen LogP contribution in [-0.2, 0) is 36.8 Å². The van der Waals surface area contributed by atoms with Crippen molar-refractivity contribution in [1.29, 1.82) is 0 Å². The fourth-order valence-electron chi connectivity index (χ4n) is 4.61. The van der Waals surface area contributed by atoms with E-state index in [1.165, 1.54) is 0 Å². The Bertz CT molecular complexity index is 1590. The number of aromatic nitrogens is 2. The van der Waals surface area contributed by atoms with Gasteiger partial charge < -0.3 is 42.5 Å². The minimum Gasteiger partial charge on any atom is -0.480 e. The second kappa shape index (κ2) is 12.8. The number of carboxylic acid groups (broad SMARTS) is 1. The van der Waals surface area contributed by atoms with Gasteiger partial charge in [-0.25, -0.2) is 0 Å². The van der Waals surface area contributed by atoms with Crippen molar-refractivity contribution in [1.82, 2.24) is 25.9 Å². The topological polar surface area (TPSA) is 225 Å². The van der Waals surface area contributed by atoms with Crippen LogP contribution < -0.4 is 27.4 Å². The average Bonchev–Trinajstić information content (AvgIpc) is 3.54. The van der Waals surface area contributed by atoms with Gasteiger partial charge >= 0.3 is 5.97 Å². The number of hydrogen-bond donors (Lipinski definition) is 8. The lowest BCUT2D eigenvalue weighted by Crippen LogP contribution is -2.57. The number of H-pyrrole nitrogens is 2. The predicted molar refractivity (Wildman–Crippen MR) is 150 cm³/mol. The molecular formula is C28H31N7O6. The third-order valence-electron chi connectivity index (χ3n) is 6.64. The minimum atomic E-state index is -1.29. The van der Waals surface area contributed by atoms with Crippen molar-refractivity contribution >= 4 is 51.4 Å². The number of nitrogens with one attached hydrogen (secondary N) is 5. The van der Waals surface area contributed by atoms with Gasteiger partial charge in [-0.1, -0.05) is 36.4 Å². The van der Waals surface area contributed by atoms with E-state index in [9.17, 15) is 24.0 Å². The van der Waals surface area contributed by atoms with Gasteiger partial charge in [-0.05, 0) is 23.3 Å². The Kier molecular flexibility index (Phi) is 8.99. The molecule has 41 heavy (non-hydrogen) atoms. The first kappa shape index (κ1) is 28.8. The van der Waals surface area contributed by atoms with E-state index in [1.807, 2.05) is 48.5 Å². The molecule has 4 amide bonds. The fraction of sp³-hybridized carbons (Fsp3) is 0.250. The Balaban J connectivity index is 1.61. The number of rotatable bonds is 13. The summed E-state index contributed by atoms with van der Waals surface area (Å²) in [5.41, 5.74) is 14.1. The van der Waals surface area contributed by atoms with Crippen LogP contribution >= 0.6 is 0 Å². The molecule has 0 fully saturated rings. The van der Waals surface area contributed by atoms with E-state index in [1.54, 1.807) is 12.4 Å². The average molecular weight is 562 g/mol. The summed E-state index contributed by atoms with van der Waals surface area (Å²) in [5.74, 6) is -4.21. The maximum absolute atomic E-state index is 13.7. The van der Waals surface area contributed by atoms with Crippen LogP contribution in [0.4, 0.5) is 0 Å². The molecule has 2 aromatic carbocycles. The zero-order chi connectivity index (χ0) is 29.5. The van der Waals surface area contributed by atoms with Gasteiger partial charge in [-0.3, -0.25) is 24.0 Å². The number of amides is 4. The van der Waals surface area contributed by atoms with Gasteiger partial charge in [0.25, 0.3) is 0 Å². The van der Waals surface area contributed by atoms with Gasteiger partial charge in [0.1, 0.15) is 18.6 Å². The van der Waals surface area contributed by atoms with Crippen molar-refractivity contribution < 1.29 is 29.1 Å². The van der Waals surface area contributed by atoms with Crippen LogP contribution in [0.3, 0.4) is 0 Å². The van der Waals surface area contributed by atoms with Crippen molar-refractivity contribution in [2.75, 3.05) is 6.54 Å². The molecule has 0 saturated heterocycles. The maximum atomic E-state index is 13.7. The van der Waals surface area contributed by atoms with Crippen LogP contribution in [0.5, 0.6) is 0 Å². The number of primary amides is 1. The van der Waals surface area contributed by atoms with E-state index >= 15 is 0 Å². The molecule has 0 bridgehead atoms. The Labute approximate surface area is 234 Å². The first-order valence-corrected chi connectivity index (χ1v) is 12.9. The van der Waals surface area contributed by atoms with Crippen molar-refractivity contribution in [3.63, 3.8) is 0 Å². The number of carboxylic acids is 1. The molecule has 13 nitrogen and oxygen atoms in total. The molecule has 2 heterocycles. The molecule has 10 N–H and O–H groups in total. The Hall–Kier alpha value is -5.17. The van der Waals surface area contributed by atoms with Crippen LogP contribution in [0, 0.1) is 0 Å². The second-order valence-corrected chi connectivity index (χ2v) is 9.64. The molecule has 4 rings (SSSR count). The molecular weight excluding hydrogens is 530 g/mol. The molecule has 3 unspecified atom stereocenters. The standard InChI is InChI=1S/C28H31N7O6/c29-19(11-24(30)36)26(39)34-23(10-16-13-32-21-8-4-2-6-18(16)21)28(41)35-22(27(40)33-14-25(37)38)9-15-12-31-20-7-3-1-5-17(15)20/h1-8,12-13,19,22-23,31-32H,9-11,14,29H2,(H2,30,36)(H,33,40)(H,34,39)(H,35,41)(H,37,38). The summed E-state index contributed by atoms with van der Waals surface area (Å²) in [4.78, 5) is 68.1. The minimum absolute atomic E-state index is 0.0292. The van der Waals surface area contributed by atoms with Crippen LogP contribution in [0.15, 0.2) is 60.9 Å². The number of aliphatic carboxylic acids is 1. The number of para-hydroxylation sites is 2. The van der Waals surface area contributed by atoms with E-state index in [0.717, 1.165) is 27.4 Å². The summed E-state index contributed by atoms with van der Waals surface area (Å²) in [6, 6.07) is 11.1. The lowest BCUT2D eigenvalue weighted by Gasteiger charge is -2.24. The molecule has 0 aliphatic carbocycles. The van der Waals surface area contributed by atoms with Crippen LogP contribution in [-0.4, -0.2) is 69.3 Å². The Morgan fingerprint density at radius 2 is 1.24 bits per heavy atom. The normalized spacial score (nSPS) is 13.3. The number of benzene rings is 2. The summed E-state index contributed by atoms with van der Waals surface area (Å²) in [6.45, 7) is -0.642. The van der Waals surface area contributed by atoms with Crippen molar-refractivity contribution in [3.05, 3.63) is 72.1 Å². The lowest BCUT2D eigenvalue weighted by atomic mass is 10.0. The molecule has 214 valence electrons. The number of carbonyl (C=O) groups is 5. The van der Waals surface area contributed by atoms with Crippen LogP contribution in [0.2, 0.25) is 0 Å². The highest BCUT2D eigenvalue weighted by molar-refractivity contribution is 5.96. The summed E-state index contributed by atoms with van der Waals surface area (Å²) in [6.07, 6.45) is 3.07. The van der Waals surface area contributed by atoms with Crippen LogP contribution in [0.1, 0.15) is 17.5 Å². The molecule has 0 aliphatic heterocycles. The van der Waals surface area contributed by atoms with Gasteiger partial charge in [0.15, 0.2) is 0 Å². The first-order chi connectivity index (χ1) is 19.6. The van der Waals surface area contributed by atoms with E-state index in [2.05, 4.69) is 25.9 Å². The molecule has 0 saturated carbocycles. The maximum Gasteiger partial charge on any atom is 0.322 e. The highest BCUT2D eigenvalue weighted by Gasteiger charge is 2.30. The SMILES string of the molecule is NC(=O)CC(N)C(=O)NC(Cc1c[nH]c2ccccc12)C(=O)NC(Cc1c[nH]c2ccccc12)C(=O)NCC(=O)O. The van der Waals surface area contributed by atoms with E-state index < -0.39 is 60.7 Å². The number of hydrogen-bond acceptors (Lipinski definition) is 6. The zero-order valence-electron chi connectivity index (χ0n) is 22.0.